The van der Waals surface area contributed by atoms with Crippen molar-refractivity contribution in [2.75, 3.05) is 0 Å². The second-order valence-electron chi connectivity index (χ2n) is 6.25. The van der Waals surface area contributed by atoms with Gasteiger partial charge < -0.3 is 4.40 Å². The summed E-state index contributed by atoms with van der Waals surface area (Å²) in [6.07, 6.45) is 9.86. The number of nitrogens with zero attached hydrogens (tertiary/aromatic N) is 5. The highest BCUT2D eigenvalue weighted by Gasteiger charge is 2.13. The van der Waals surface area contributed by atoms with Crippen LogP contribution in [0.5, 0.6) is 0 Å². The first-order valence-corrected chi connectivity index (χ1v) is 9.48. The third-order valence-corrected chi connectivity index (χ3v) is 5.48. The van der Waals surface area contributed by atoms with Crippen LogP contribution in [0.3, 0.4) is 0 Å². The molecule has 132 valence electrons. The van der Waals surface area contributed by atoms with Gasteiger partial charge >= 0.3 is 0 Å². The van der Waals surface area contributed by atoms with Gasteiger partial charge in [-0.1, -0.05) is 6.07 Å². The van der Waals surface area contributed by atoms with E-state index in [-0.39, 0.29) is 5.56 Å². The molecular weight excluding hydrogens is 358 g/mol. The van der Waals surface area contributed by atoms with Crippen molar-refractivity contribution in [1.82, 2.24) is 24.1 Å². The molecule has 0 fully saturated rings. The van der Waals surface area contributed by atoms with Gasteiger partial charge in [0.1, 0.15) is 5.65 Å². The number of pyridine rings is 2. The summed E-state index contributed by atoms with van der Waals surface area (Å²) in [6, 6.07) is 9.73. The van der Waals surface area contributed by atoms with E-state index in [9.17, 15) is 4.79 Å². The third kappa shape index (κ3) is 2.82. The lowest BCUT2D eigenvalue weighted by molar-refractivity contribution is 0.580. The van der Waals surface area contributed by atoms with Crippen molar-refractivity contribution < 1.29 is 0 Å². The van der Waals surface area contributed by atoms with Crippen LogP contribution in [0.2, 0.25) is 0 Å². The average Bonchev–Trinajstić information content (AvgIpc) is 3.32. The van der Waals surface area contributed by atoms with Crippen LogP contribution in [0.1, 0.15) is 5.69 Å². The van der Waals surface area contributed by atoms with E-state index in [0.717, 1.165) is 32.6 Å². The Kier molecular flexibility index (Phi) is 3.79. The van der Waals surface area contributed by atoms with Gasteiger partial charge in [-0.15, -0.1) is 11.3 Å². The Balaban J connectivity index is 1.50. The predicted octanol–water partition coefficient (Wildman–Crippen LogP) is 3.41. The minimum absolute atomic E-state index is 0.0654. The maximum absolute atomic E-state index is 13.0. The molecule has 0 amide bonds. The highest BCUT2D eigenvalue weighted by molar-refractivity contribution is 7.17. The fourth-order valence-electron chi connectivity index (χ4n) is 3.22. The van der Waals surface area contributed by atoms with Gasteiger partial charge in [-0.05, 0) is 29.8 Å². The monoisotopic (exact) mass is 373 g/mol. The van der Waals surface area contributed by atoms with Crippen molar-refractivity contribution in [3.63, 3.8) is 0 Å². The number of rotatable bonds is 4. The van der Waals surface area contributed by atoms with E-state index in [4.69, 9.17) is 0 Å². The maximum atomic E-state index is 13.0. The van der Waals surface area contributed by atoms with Crippen LogP contribution in [0.15, 0.2) is 71.5 Å². The molecule has 5 aromatic heterocycles. The molecule has 27 heavy (non-hydrogen) atoms. The number of aryl methyl sites for hydroxylation is 2. The normalized spacial score (nSPS) is 11.4. The summed E-state index contributed by atoms with van der Waals surface area (Å²) in [6.45, 7) is 0.490. The Morgan fingerprint density at radius 2 is 2.00 bits per heavy atom. The van der Waals surface area contributed by atoms with E-state index in [1.54, 1.807) is 18.6 Å². The van der Waals surface area contributed by atoms with Crippen LogP contribution in [0.4, 0.5) is 0 Å². The van der Waals surface area contributed by atoms with Crippen LogP contribution in [0.25, 0.3) is 26.9 Å². The summed E-state index contributed by atoms with van der Waals surface area (Å²) in [7, 11) is 0. The molecule has 5 rings (SSSR count). The minimum atomic E-state index is -0.0654. The van der Waals surface area contributed by atoms with Crippen molar-refractivity contribution >= 4 is 27.1 Å². The van der Waals surface area contributed by atoms with Gasteiger partial charge in [0.15, 0.2) is 0 Å². The molecule has 0 aromatic carbocycles. The molecule has 0 radical (unpaired) electrons. The molecule has 0 saturated heterocycles. The second-order valence-corrected chi connectivity index (χ2v) is 7.16. The van der Waals surface area contributed by atoms with Gasteiger partial charge in [0, 0.05) is 42.2 Å². The van der Waals surface area contributed by atoms with E-state index >= 15 is 0 Å². The molecule has 0 aliphatic heterocycles. The summed E-state index contributed by atoms with van der Waals surface area (Å²) in [4.78, 5) is 21.7. The molecular formula is C20H15N5OS. The molecule has 5 heterocycles. The van der Waals surface area contributed by atoms with E-state index < -0.39 is 0 Å². The molecule has 0 spiro atoms. The van der Waals surface area contributed by atoms with Crippen LogP contribution >= 0.6 is 11.3 Å². The van der Waals surface area contributed by atoms with E-state index in [1.807, 2.05) is 52.5 Å². The van der Waals surface area contributed by atoms with Crippen molar-refractivity contribution in [3.05, 3.63) is 82.7 Å². The number of hydrogen-bond acceptors (Lipinski definition) is 5. The molecule has 0 bridgehead atoms. The van der Waals surface area contributed by atoms with E-state index in [0.29, 0.717) is 13.0 Å². The van der Waals surface area contributed by atoms with Gasteiger partial charge in [0.05, 0.1) is 28.5 Å². The Labute approximate surface area is 158 Å². The predicted molar refractivity (Wildman–Crippen MR) is 106 cm³/mol. The summed E-state index contributed by atoms with van der Waals surface area (Å²) >= 11 is 1.54. The fourth-order valence-corrected chi connectivity index (χ4v) is 4.15. The van der Waals surface area contributed by atoms with Crippen LogP contribution in [-0.2, 0) is 13.0 Å². The number of aromatic nitrogens is 5. The molecule has 0 atom stereocenters. The zero-order valence-corrected chi connectivity index (χ0v) is 15.1. The van der Waals surface area contributed by atoms with Crippen LogP contribution in [-0.4, -0.2) is 24.1 Å². The first kappa shape index (κ1) is 15.9. The lowest BCUT2D eigenvalue weighted by Gasteiger charge is -2.04. The zero-order valence-electron chi connectivity index (χ0n) is 14.3. The SMILES string of the molecule is O=c1c2c(-c3ccncc3)csc2cnn1CCc1cn2ccccc2n1. The Bertz CT molecular complexity index is 1270. The Morgan fingerprint density at radius 3 is 2.85 bits per heavy atom. The Hall–Kier alpha value is -3.32. The summed E-state index contributed by atoms with van der Waals surface area (Å²) < 4.78 is 4.41. The number of thiophene rings is 1. The van der Waals surface area contributed by atoms with E-state index in [1.165, 1.54) is 16.0 Å². The topological polar surface area (TPSA) is 65.1 Å². The highest BCUT2D eigenvalue weighted by atomic mass is 32.1. The lowest BCUT2D eigenvalue weighted by atomic mass is 10.1. The van der Waals surface area contributed by atoms with Crippen LogP contribution in [0, 0.1) is 0 Å². The van der Waals surface area contributed by atoms with Gasteiger partial charge in [0.2, 0.25) is 0 Å². The largest absolute Gasteiger partial charge is 0.307 e. The molecule has 7 heteroatoms. The molecule has 0 saturated carbocycles. The van der Waals surface area contributed by atoms with Gasteiger partial charge in [-0.25, -0.2) is 9.67 Å². The van der Waals surface area contributed by atoms with Gasteiger partial charge in [-0.2, -0.15) is 5.10 Å². The number of hydrogen-bond donors (Lipinski definition) is 0. The van der Waals surface area contributed by atoms with Crippen molar-refractivity contribution in [2.45, 2.75) is 13.0 Å². The smallest absolute Gasteiger partial charge is 0.276 e. The average molecular weight is 373 g/mol. The first-order chi connectivity index (χ1) is 13.3. The van der Waals surface area contributed by atoms with Gasteiger partial charge in [-0.3, -0.25) is 9.78 Å². The molecule has 0 N–H and O–H groups in total. The lowest BCUT2D eigenvalue weighted by Crippen LogP contribution is -2.23. The van der Waals surface area contributed by atoms with Crippen molar-refractivity contribution in [2.24, 2.45) is 0 Å². The first-order valence-electron chi connectivity index (χ1n) is 8.60. The third-order valence-electron chi connectivity index (χ3n) is 4.57. The molecule has 0 unspecified atom stereocenters. The molecule has 0 aliphatic rings. The van der Waals surface area contributed by atoms with Crippen LogP contribution < -0.4 is 5.56 Å². The van der Waals surface area contributed by atoms with E-state index in [2.05, 4.69) is 15.1 Å². The minimum Gasteiger partial charge on any atom is -0.307 e. The molecule has 6 nitrogen and oxygen atoms in total. The summed E-state index contributed by atoms with van der Waals surface area (Å²) in [5.41, 5.74) is 3.71. The number of fused-ring (bicyclic) bond motifs is 2. The standard InChI is InChI=1S/C20H15N5OS/c26-20-19-16(14-4-7-21-8-5-14)13-27-17(19)11-22-25(20)10-6-15-12-24-9-2-1-3-18(24)23-15/h1-5,7-9,11-13H,6,10H2. The number of imidazole rings is 1. The second kappa shape index (κ2) is 6.44. The zero-order chi connectivity index (χ0) is 18.2. The highest BCUT2D eigenvalue weighted by Crippen LogP contribution is 2.30. The van der Waals surface area contributed by atoms with Crippen molar-refractivity contribution in [1.29, 1.82) is 0 Å². The quantitative estimate of drug-likeness (QED) is 0.484. The Morgan fingerprint density at radius 1 is 1.11 bits per heavy atom. The summed E-state index contributed by atoms with van der Waals surface area (Å²) in [5, 5.41) is 7.08. The fraction of sp³-hybridized carbons (Fsp3) is 0.100. The molecule has 5 aromatic rings. The maximum Gasteiger partial charge on any atom is 0.276 e. The summed E-state index contributed by atoms with van der Waals surface area (Å²) in [5.74, 6) is 0. The van der Waals surface area contributed by atoms with Gasteiger partial charge in [0.25, 0.3) is 5.56 Å². The van der Waals surface area contributed by atoms with Crippen molar-refractivity contribution in [3.8, 4) is 11.1 Å². The molecule has 0 aliphatic carbocycles.